The van der Waals surface area contributed by atoms with Gasteiger partial charge in [0.1, 0.15) is 10.6 Å². The standard InChI is InChI=1S/C12H17N3O3S/c1-7-8(10(16)17)9(19-15-7)14-11(18)12(2)5-3-4-6-13-12/h13H,3-6H2,1-2H3,(H,14,18)(H,16,17). The Morgan fingerprint density at radius 1 is 1.47 bits per heavy atom. The maximum Gasteiger partial charge on any atom is 0.340 e. The number of amides is 1. The van der Waals surface area contributed by atoms with Gasteiger partial charge in [-0.1, -0.05) is 0 Å². The van der Waals surface area contributed by atoms with E-state index in [1.165, 1.54) is 0 Å². The molecule has 1 atom stereocenters. The predicted molar refractivity (Wildman–Crippen MR) is 72.7 cm³/mol. The van der Waals surface area contributed by atoms with Crippen LogP contribution in [0.1, 0.15) is 42.2 Å². The number of nitrogens with one attached hydrogen (secondary N) is 2. The highest BCUT2D eigenvalue weighted by Crippen LogP contribution is 2.27. The smallest absolute Gasteiger partial charge is 0.340 e. The van der Waals surface area contributed by atoms with Crippen molar-refractivity contribution in [1.82, 2.24) is 9.69 Å². The lowest BCUT2D eigenvalue weighted by atomic mass is 9.90. The van der Waals surface area contributed by atoms with Crippen LogP contribution in [0.4, 0.5) is 5.00 Å². The molecule has 1 aromatic rings. The number of aryl methyl sites for hydroxylation is 1. The van der Waals surface area contributed by atoms with Gasteiger partial charge in [-0.3, -0.25) is 4.79 Å². The van der Waals surface area contributed by atoms with Gasteiger partial charge >= 0.3 is 5.97 Å². The number of nitrogens with zero attached hydrogens (tertiary/aromatic N) is 1. The zero-order valence-electron chi connectivity index (χ0n) is 10.9. The summed E-state index contributed by atoms with van der Waals surface area (Å²) in [4.78, 5) is 23.4. The third-order valence-electron chi connectivity index (χ3n) is 3.42. The van der Waals surface area contributed by atoms with Crippen LogP contribution in [-0.4, -0.2) is 33.4 Å². The maximum absolute atomic E-state index is 12.3. The van der Waals surface area contributed by atoms with Crippen LogP contribution in [0.15, 0.2) is 0 Å². The number of hydrogen-bond acceptors (Lipinski definition) is 5. The molecule has 104 valence electrons. The average Bonchev–Trinajstić information content (AvgIpc) is 2.71. The maximum atomic E-state index is 12.3. The number of carboxylic acids is 1. The molecule has 0 bridgehead atoms. The molecule has 1 aromatic heterocycles. The van der Waals surface area contributed by atoms with Gasteiger partial charge in [-0.2, -0.15) is 4.37 Å². The van der Waals surface area contributed by atoms with Crippen molar-refractivity contribution in [3.8, 4) is 0 Å². The van der Waals surface area contributed by atoms with E-state index < -0.39 is 11.5 Å². The Balaban J connectivity index is 2.17. The molecule has 0 aliphatic carbocycles. The van der Waals surface area contributed by atoms with Crippen molar-refractivity contribution >= 4 is 28.4 Å². The van der Waals surface area contributed by atoms with Gasteiger partial charge in [0.2, 0.25) is 5.91 Å². The number of aromatic carboxylic acids is 1. The van der Waals surface area contributed by atoms with Crippen molar-refractivity contribution in [1.29, 1.82) is 0 Å². The molecule has 1 aliphatic rings. The van der Waals surface area contributed by atoms with Crippen LogP contribution in [0.2, 0.25) is 0 Å². The average molecular weight is 283 g/mol. The van der Waals surface area contributed by atoms with Gasteiger partial charge in [0.05, 0.1) is 11.2 Å². The lowest BCUT2D eigenvalue weighted by Crippen LogP contribution is -2.54. The molecule has 1 saturated heterocycles. The number of hydrogen-bond donors (Lipinski definition) is 3. The van der Waals surface area contributed by atoms with E-state index in [4.69, 9.17) is 5.11 Å². The minimum Gasteiger partial charge on any atom is -0.478 e. The SMILES string of the molecule is Cc1nsc(NC(=O)C2(C)CCCCN2)c1C(=O)O. The number of carbonyl (C=O) groups excluding carboxylic acids is 1. The van der Waals surface area contributed by atoms with E-state index in [0.29, 0.717) is 10.7 Å². The fraction of sp³-hybridized carbons (Fsp3) is 0.583. The summed E-state index contributed by atoms with van der Waals surface area (Å²) in [5.74, 6) is -1.26. The fourth-order valence-electron chi connectivity index (χ4n) is 2.20. The summed E-state index contributed by atoms with van der Waals surface area (Å²) in [6.07, 6.45) is 2.80. The molecule has 19 heavy (non-hydrogen) atoms. The largest absolute Gasteiger partial charge is 0.478 e. The molecule has 1 aliphatic heterocycles. The highest BCUT2D eigenvalue weighted by atomic mass is 32.1. The molecular formula is C12H17N3O3S. The van der Waals surface area contributed by atoms with Crippen LogP contribution in [0, 0.1) is 6.92 Å². The van der Waals surface area contributed by atoms with Gasteiger partial charge in [0.15, 0.2) is 0 Å². The summed E-state index contributed by atoms with van der Waals surface area (Å²) in [5.41, 5.74) is -0.126. The van der Waals surface area contributed by atoms with E-state index in [9.17, 15) is 9.59 Å². The van der Waals surface area contributed by atoms with E-state index >= 15 is 0 Å². The highest BCUT2D eigenvalue weighted by Gasteiger charge is 2.35. The highest BCUT2D eigenvalue weighted by molar-refractivity contribution is 7.11. The third kappa shape index (κ3) is 2.76. The molecule has 3 N–H and O–H groups in total. The fourth-order valence-corrected chi connectivity index (χ4v) is 2.98. The first-order valence-electron chi connectivity index (χ1n) is 6.20. The first-order valence-corrected chi connectivity index (χ1v) is 6.97. The minimum atomic E-state index is -1.07. The molecule has 0 radical (unpaired) electrons. The topological polar surface area (TPSA) is 91.3 Å². The Morgan fingerprint density at radius 3 is 2.79 bits per heavy atom. The Labute approximate surface area is 115 Å². The van der Waals surface area contributed by atoms with Gasteiger partial charge in [0.25, 0.3) is 0 Å². The van der Waals surface area contributed by atoms with Crippen molar-refractivity contribution in [2.24, 2.45) is 0 Å². The Bertz CT molecular complexity index is 506. The number of carbonyl (C=O) groups is 2. The Morgan fingerprint density at radius 2 is 2.21 bits per heavy atom. The second-order valence-corrected chi connectivity index (χ2v) is 5.72. The number of carboxylic acid groups (broad SMARTS) is 1. The summed E-state index contributed by atoms with van der Waals surface area (Å²) in [6.45, 7) is 4.27. The number of anilines is 1. The molecule has 0 spiro atoms. The lowest BCUT2D eigenvalue weighted by Gasteiger charge is -2.33. The van der Waals surface area contributed by atoms with Gasteiger partial charge in [0, 0.05) is 0 Å². The Kier molecular flexibility index (Phi) is 3.86. The second-order valence-electron chi connectivity index (χ2n) is 4.95. The summed E-state index contributed by atoms with van der Waals surface area (Å²) in [6, 6.07) is 0. The molecule has 6 nitrogen and oxygen atoms in total. The van der Waals surface area contributed by atoms with Gasteiger partial charge in [-0.15, -0.1) is 0 Å². The van der Waals surface area contributed by atoms with Gasteiger partial charge in [-0.25, -0.2) is 4.79 Å². The van der Waals surface area contributed by atoms with Crippen molar-refractivity contribution in [2.75, 3.05) is 11.9 Å². The first-order chi connectivity index (χ1) is 8.94. The zero-order valence-corrected chi connectivity index (χ0v) is 11.8. The number of rotatable bonds is 3. The molecule has 0 aromatic carbocycles. The molecule has 1 fully saturated rings. The Hall–Kier alpha value is -1.47. The van der Waals surface area contributed by atoms with Crippen molar-refractivity contribution in [3.05, 3.63) is 11.3 Å². The summed E-state index contributed by atoms with van der Waals surface area (Å²) in [5, 5.41) is 15.3. The summed E-state index contributed by atoms with van der Waals surface area (Å²) in [7, 11) is 0. The monoisotopic (exact) mass is 283 g/mol. The molecule has 2 heterocycles. The van der Waals surface area contributed by atoms with E-state index in [1.807, 2.05) is 6.92 Å². The lowest BCUT2D eigenvalue weighted by molar-refractivity contribution is -0.122. The zero-order chi connectivity index (χ0) is 14.0. The van der Waals surface area contributed by atoms with Crippen LogP contribution in [0.25, 0.3) is 0 Å². The molecule has 7 heteroatoms. The summed E-state index contributed by atoms with van der Waals surface area (Å²) >= 11 is 1.00. The van der Waals surface area contributed by atoms with E-state index in [1.54, 1.807) is 6.92 Å². The number of aromatic nitrogens is 1. The summed E-state index contributed by atoms with van der Waals surface area (Å²) < 4.78 is 3.98. The first kappa shape index (κ1) is 14.0. The van der Waals surface area contributed by atoms with Crippen LogP contribution in [0.3, 0.4) is 0 Å². The van der Waals surface area contributed by atoms with Crippen molar-refractivity contribution in [3.63, 3.8) is 0 Å². The molecule has 1 unspecified atom stereocenters. The molecular weight excluding hydrogens is 266 g/mol. The third-order valence-corrected chi connectivity index (χ3v) is 4.28. The van der Waals surface area contributed by atoms with Crippen molar-refractivity contribution in [2.45, 2.75) is 38.6 Å². The number of piperidine rings is 1. The molecule has 0 saturated carbocycles. The van der Waals surface area contributed by atoms with Gasteiger partial charge in [-0.05, 0) is 51.2 Å². The van der Waals surface area contributed by atoms with E-state index in [2.05, 4.69) is 15.0 Å². The quantitative estimate of drug-likeness (QED) is 0.784. The predicted octanol–water partition coefficient (Wildman–Crippen LogP) is 1.62. The van der Waals surface area contributed by atoms with Gasteiger partial charge < -0.3 is 15.7 Å². The van der Waals surface area contributed by atoms with E-state index in [0.717, 1.165) is 37.3 Å². The minimum absolute atomic E-state index is 0.0813. The normalized spacial score (nSPS) is 23.1. The second kappa shape index (κ2) is 5.26. The van der Waals surface area contributed by atoms with Crippen molar-refractivity contribution < 1.29 is 14.7 Å². The molecule has 1 amide bonds. The van der Waals surface area contributed by atoms with Crippen LogP contribution < -0.4 is 10.6 Å². The van der Waals surface area contributed by atoms with Crippen LogP contribution in [0.5, 0.6) is 0 Å². The van der Waals surface area contributed by atoms with E-state index in [-0.39, 0.29) is 11.5 Å². The van der Waals surface area contributed by atoms with Crippen LogP contribution in [-0.2, 0) is 4.79 Å². The molecule has 2 rings (SSSR count). The van der Waals surface area contributed by atoms with Crippen LogP contribution >= 0.6 is 11.5 Å².